The van der Waals surface area contributed by atoms with Crippen molar-refractivity contribution in [3.63, 3.8) is 0 Å². The summed E-state index contributed by atoms with van der Waals surface area (Å²) in [7, 11) is 0. The standard InChI is InChI=1S/C19H17N3O2/c1-12-4-2-5-14(8-12)21-19-20-11-15-16(22-19)9-13(10-17(15)23)18-6-3-7-24-18/h2-8,11,13H,9-10H2,1H3,(H,20,21,22)/t13-/m1/s1. The van der Waals surface area contributed by atoms with Gasteiger partial charge in [0.25, 0.3) is 0 Å². The minimum atomic E-state index is 0.0433. The lowest BCUT2D eigenvalue weighted by Gasteiger charge is -2.21. The number of furan rings is 1. The van der Waals surface area contributed by atoms with Crippen LogP contribution in [0.1, 0.15) is 39.7 Å². The Bertz CT molecular complexity index is 887. The lowest BCUT2D eigenvalue weighted by atomic mass is 9.85. The number of ketones is 1. The molecule has 1 N–H and O–H groups in total. The number of rotatable bonds is 3. The van der Waals surface area contributed by atoms with E-state index in [1.54, 1.807) is 12.5 Å². The molecular formula is C19H17N3O2. The third kappa shape index (κ3) is 2.80. The second kappa shape index (κ2) is 5.92. The van der Waals surface area contributed by atoms with E-state index in [0.29, 0.717) is 24.4 Å². The molecule has 0 saturated carbocycles. The summed E-state index contributed by atoms with van der Waals surface area (Å²) in [4.78, 5) is 21.2. The quantitative estimate of drug-likeness (QED) is 0.789. The molecule has 1 atom stereocenters. The van der Waals surface area contributed by atoms with Crippen LogP contribution in [0.15, 0.2) is 53.3 Å². The van der Waals surface area contributed by atoms with Gasteiger partial charge in [0.2, 0.25) is 5.95 Å². The smallest absolute Gasteiger partial charge is 0.227 e. The van der Waals surface area contributed by atoms with E-state index in [1.807, 2.05) is 43.3 Å². The number of fused-ring (bicyclic) bond motifs is 1. The van der Waals surface area contributed by atoms with Crippen LogP contribution < -0.4 is 5.32 Å². The van der Waals surface area contributed by atoms with E-state index in [-0.39, 0.29) is 11.7 Å². The highest BCUT2D eigenvalue weighted by Gasteiger charge is 2.29. The maximum Gasteiger partial charge on any atom is 0.227 e. The third-order valence-electron chi connectivity index (χ3n) is 4.26. The molecule has 1 aliphatic rings. The highest BCUT2D eigenvalue weighted by atomic mass is 16.3. The summed E-state index contributed by atoms with van der Waals surface area (Å²) in [6.45, 7) is 2.03. The molecule has 0 fully saturated rings. The van der Waals surface area contributed by atoms with Gasteiger partial charge in [0.05, 0.1) is 17.5 Å². The van der Waals surface area contributed by atoms with Crippen LogP contribution >= 0.6 is 0 Å². The zero-order valence-corrected chi connectivity index (χ0v) is 13.3. The average Bonchev–Trinajstić information content (AvgIpc) is 3.09. The largest absolute Gasteiger partial charge is 0.469 e. The van der Waals surface area contributed by atoms with Gasteiger partial charge in [0.15, 0.2) is 5.78 Å². The van der Waals surface area contributed by atoms with Crippen molar-refractivity contribution in [1.29, 1.82) is 0 Å². The molecule has 0 aliphatic heterocycles. The fourth-order valence-corrected chi connectivity index (χ4v) is 3.08. The molecule has 0 bridgehead atoms. The molecule has 4 rings (SSSR count). The SMILES string of the molecule is Cc1cccc(Nc2ncc3c(n2)C[C@@H](c2ccco2)CC3=O)c1. The van der Waals surface area contributed by atoms with Crippen molar-refractivity contribution in [1.82, 2.24) is 9.97 Å². The van der Waals surface area contributed by atoms with Crippen LogP contribution in [0.3, 0.4) is 0 Å². The number of carbonyl (C=O) groups is 1. The Balaban J connectivity index is 1.62. The van der Waals surface area contributed by atoms with E-state index in [2.05, 4.69) is 15.3 Å². The summed E-state index contributed by atoms with van der Waals surface area (Å²) in [5, 5.41) is 3.20. The molecule has 2 aromatic heterocycles. The van der Waals surface area contributed by atoms with Gasteiger partial charge >= 0.3 is 0 Å². The van der Waals surface area contributed by atoms with Crippen molar-refractivity contribution in [3.8, 4) is 0 Å². The van der Waals surface area contributed by atoms with Crippen LogP contribution in [0.4, 0.5) is 11.6 Å². The van der Waals surface area contributed by atoms with Gasteiger partial charge in [-0.05, 0) is 36.8 Å². The topological polar surface area (TPSA) is 68.0 Å². The van der Waals surface area contributed by atoms with Crippen LogP contribution in [0.25, 0.3) is 0 Å². The van der Waals surface area contributed by atoms with Gasteiger partial charge in [-0.3, -0.25) is 4.79 Å². The summed E-state index contributed by atoms with van der Waals surface area (Å²) in [5.41, 5.74) is 3.48. The molecule has 1 aliphatic carbocycles. The van der Waals surface area contributed by atoms with E-state index >= 15 is 0 Å². The summed E-state index contributed by atoms with van der Waals surface area (Å²) in [5.74, 6) is 1.45. The first-order chi connectivity index (χ1) is 11.7. The lowest BCUT2D eigenvalue weighted by molar-refractivity contribution is 0.0958. The first kappa shape index (κ1) is 14.6. The Hall–Kier alpha value is -2.95. The van der Waals surface area contributed by atoms with Crippen molar-refractivity contribution in [2.45, 2.75) is 25.7 Å². The van der Waals surface area contributed by atoms with Crippen LogP contribution in [-0.4, -0.2) is 15.8 Å². The molecule has 5 nitrogen and oxygen atoms in total. The Morgan fingerprint density at radius 3 is 2.92 bits per heavy atom. The Morgan fingerprint density at radius 2 is 2.12 bits per heavy atom. The van der Waals surface area contributed by atoms with Gasteiger partial charge in [0, 0.05) is 30.6 Å². The number of anilines is 2. The molecule has 0 radical (unpaired) electrons. The molecule has 1 aromatic carbocycles. The molecule has 0 spiro atoms. The fraction of sp³-hybridized carbons (Fsp3) is 0.211. The summed E-state index contributed by atoms with van der Waals surface area (Å²) < 4.78 is 5.46. The van der Waals surface area contributed by atoms with Gasteiger partial charge in [-0.1, -0.05) is 12.1 Å². The van der Waals surface area contributed by atoms with E-state index in [0.717, 1.165) is 22.7 Å². The zero-order valence-electron chi connectivity index (χ0n) is 13.3. The number of benzene rings is 1. The lowest BCUT2D eigenvalue weighted by Crippen LogP contribution is -2.20. The van der Waals surface area contributed by atoms with Gasteiger partial charge in [0.1, 0.15) is 5.76 Å². The van der Waals surface area contributed by atoms with Gasteiger partial charge in [-0.2, -0.15) is 0 Å². The number of Topliss-reactive ketones (excluding diaryl/α,β-unsaturated/α-hetero) is 1. The molecule has 24 heavy (non-hydrogen) atoms. The monoisotopic (exact) mass is 319 g/mol. The minimum Gasteiger partial charge on any atom is -0.469 e. The third-order valence-corrected chi connectivity index (χ3v) is 4.26. The number of carbonyl (C=O) groups excluding carboxylic acids is 1. The van der Waals surface area contributed by atoms with Crippen molar-refractivity contribution < 1.29 is 9.21 Å². The second-order valence-electron chi connectivity index (χ2n) is 6.09. The predicted octanol–water partition coefficient (Wildman–Crippen LogP) is 4.03. The van der Waals surface area contributed by atoms with Gasteiger partial charge in [-0.15, -0.1) is 0 Å². The van der Waals surface area contributed by atoms with E-state index < -0.39 is 0 Å². The summed E-state index contributed by atoms with van der Waals surface area (Å²) in [6.07, 6.45) is 4.38. The summed E-state index contributed by atoms with van der Waals surface area (Å²) >= 11 is 0. The molecule has 2 heterocycles. The average molecular weight is 319 g/mol. The minimum absolute atomic E-state index is 0.0433. The molecular weight excluding hydrogens is 302 g/mol. The van der Waals surface area contributed by atoms with Crippen LogP contribution in [0, 0.1) is 6.92 Å². The number of hydrogen-bond donors (Lipinski definition) is 1. The Labute approximate surface area is 139 Å². The number of hydrogen-bond acceptors (Lipinski definition) is 5. The van der Waals surface area contributed by atoms with Crippen molar-refractivity contribution >= 4 is 17.4 Å². The normalized spacial score (nSPS) is 16.7. The Morgan fingerprint density at radius 1 is 1.21 bits per heavy atom. The number of aryl methyl sites for hydroxylation is 1. The predicted molar refractivity (Wildman–Crippen MR) is 90.6 cm³/mol. The zero-order chi connectivity index (χ0) is 16.5. The van der Waals surface area contributed by atoms with Crippen molar-refractivity contribution in [3.05, 3.63) is 71.4 Å². The molecule has 0 saturated heterocycles. The van der Waals surface area contributed by atoms with Crippen molar-refractivity contribution in [2.24, 2.45) is 0 Å². The highest BCUT2D eigenvalue weighted by molar-refractivity contribution is 5.98. The number of nitrogens with zero attached hydrogens (tertiary/aromatic N) is 2. The first-order valence-corrected chi connectivity index (χ1v) is 7.95. The van der Waals surface area contributed by atoms with Gasteiger partial charge in [-0.25, -0.2) is 9.97 Å². The maximum absolute atomic E-state index is 12.4. The van der Waals surface area contributed by atoms with E-state index in [1.165, 1.54) is 0 Å². The van der Waals surface area contributed by atoms with Crippen LogP contribution in [0.2, 0.25) is 0 Å². The molecule has 0 amide bonds. The molecule has 5 heteroatoms. The van der Waals surface area contributed by atoms with Crippen LogP contribution in [0.5, 0.6) is 0 Å². The second-order valence-corrected chi connectivity index (χ2v) is 6.09. The highest BCUT2D eigenvalue weighted by Crippen LogP contribution is 2.32. The molecule has 3 aromatic rings. The first-order valence-electron chi connectivity index (χ1n) is 7.95. The summed E-state index contributed by atoms with van der Waals surface area (Å²) in [6, 6.07) is 11.8. The Kier molecular flexibility index (Phi) is 3.61. The molecule has 120 valence electrons. The maximum atomic E-state index is 12.4. The van der Waals surface area contributed by atoms with Crippen molar-refractivity contribution in [2.75, 3.05) is 5.32 Å². The van der Waals surface area contributed by atoms with E-state index in [9.17, 15) is 4.79 Å². The molecule has 0 unspecified atom stereocenters. The number of aromatic nitrogens is 2. The van der Waals surface area contributed by atoms with E-state index in [4.69, 9.17) is 4.42 Å². The fourth-order valence-electron chi connectivity index (χ4n) is 3.08. The van der Waals surface area contributed by atoms with Gasteiger partial charge < -0.3 is 9.73 Å². The van der Waals surface area contributed by atoms with Crippen LogP contribution in [-0.2, 0) is 6.42 Å². The number of nitrogens with one attached hydrogen (secondary N) is 1.